The molecule has 0 spiro atoms. The van der Waals surface area contributed by atoms with Crippen LogP contribution < -0.4 is 0 Å². The lowest BCUT2D eigenvalue weighted by Crippen LogP contribution is -2.17. The summed E-state index contributed by atoms with van der Waals surface area (Å²) in [6, 6.07) is 0. The standard InChI is InChI=1S/C20H36O3PSi2/c1-9-15-21-24(22-16-10-2,18-12-14-20-26(6,7)8)23-17-11-13-19-25(3,4)5/h9-10H,1-2,11-12,15-18H2,3-8H3/q+1. The molecule has 26 heavy (non-hydrogen) atoms. The second-order valence-corrected chi connectivity index (χ2v) is 19.9. The fraction of sp³-hybridized carbons (Fsp3) is 0.600. The Labute approximate surface area is 164 Å². The van der Waals surface area contributed by atoms with Gasteiger partial charge in [0.2, 0.25) is 0 Å². The van der Waals surface area contributed by atoms with Crippen molar-refractivity contribution in [1.82, 2.24) is 0 Å². The normalized spacial score (nSPS) is 11.8. The first-order chi connectivity index (χ1) is 12.0. The van der Waals surface area contributed by atoms with Gasteiger partial charge in [0.05, 0.1) is 6.42 Å². The molecule has 0 rings (SSSR count). The van der Waals surface area contributed by atoms with Gasteiger partial charge in [0, 0.05) is 6.42 Å². The van der Waals surface area contributed by atoms with Crippen LogP contribution in [-0.2, 0) is 13.6 Å². The minimum Gasteiger partial charge on any atom is -0.177 e. The lowest BCUT2D eigenvalue weighted by Gasteiger charge is -2.20. The van der Waals surface area contributed by atoms with Gasteiger partial charge in [0.1, 0.15) is 36.0 Å². The van der Waals surface area contributed by atoms with Crippen LogP contribution >= 0.6 is 7.94 Å². The maximum atomic E-state index is 6.11. The van der Waals surface area contributed by atoms with Crippen LogP contribution in [0, 0.1) is 22.9 Å². The molecule has 0 saturated carbocycles. The highest BCUT2D eigenvalue weighted by atomic mass is 31.2. The summed E-state index contributed by atoms with van der Waals surface area (Å²) in [6.07, 6.45) is 5.46. The lowest BCUT2D eigenvalue weighted by atomic mass is 10.5. The van der Waals surface area contributed by atoms with E-state index >= 15 is 0 Å². The van der Waals surface area contributed by atoms with Crippen molar-refractivity contribution in [1.29, 1.82) is 0 Å². The topological polar surface area (TPSA) is 27.7 Å². The Bertz CT molecular complexity index is 542. The van der Waals surface area contributed by atoms with Crippen molar-refractivity contribution in [3.05, 3.63) is 25.3 Å². The van der Waals surface area contributed by atoms with Crippen LogP contribution in [0.15, 0.2) is 25.3 Å². The zero-order valence-corrected chi connectivity index (χ0v) is 20.4. The van der Waals surface area contributed by atoms with E-state index in [2.05, 4.69) is 75.4 Å². The van der Waals surface area contributed by atoms with Crippen molar-refractivity contribution in [2.24, 2.45) is 0 Å². The molecular formula is C20H36O3PSi2+. The maximum absolute atomic E-state index is 6.11. The third-order valence-electron chi connectivity index (χ3n) is 2.73. The predicted molar refractivity (Wildman–Crippen MR) is 122 cm³/mol. The second-order valence-electron chi connectivity index (χ2n) is 7.94. The van der Waals surface area contributed by atoms with Gasteiger partial charge >= 0.3 is 7.94 Å². The van der Waals surface area contributed by atoms with Gasteiger partial charge in [0.25, 0.3) is 0 Å². The highest BCUT2D eigenvalue weighted by molar-refractivity contribution is 7.61. The van der Waals surface area contributed by atoms with Crippen LogP contribution in [0.1, 0.15) is 12.8 Å². The molecular weight excluding hydrogens is 375 g/mol. The van der Waals surface area contributed by atoms with Crippen LogP contribution in [0.2, 0.25) is 39.3 Å². The Morgan fingerprint density at radius 3 is 1.65 bits per heavy atom. The maximum Gasteiger partial charge on any atom is 0.413 e. The Balaban J connectivity index is 4.99. The molecule has 0 unspecified atom stereocenters. The average molecular weight is 412 g/mol. The summed E-state index contributed by atoms with van der Waals surface area (Å²) in [5.74, 6) is 6.51. The molecule has 0 fully saturated rings. The van der Waals surface area contributed by atoms with Crippen LogP contribution in [0.3, 0.4) is 0 Å². The molecule has 0 aromatic rings. The molecule has 0 saturated heterocycles. The van der Waals surface area contributed by atoms with E-state index in [1.807, 2.05) is 0 Å². The molecule has 0 aliphatic carbocycles. The Hall–Kier alpha value is -0.656. The van der Waals surface area contributed by atoms with Crippen molar-refractivity contribution in [2.45, 2.75) is 52.1 Å². The lowest BCUT2D eigenvalue weighted by molar-refractivity contribution is 0.159. The van der Waals surface area contributed by atoms with Gasteiger partial charge in [-0.15, -0.1) is 36.1 Å². The van der Waals surface area contributed by atoms with E-state index in [0.29, 0.717) is 38.8 Å². The largest absolute Gasteiger partial charge is 0.413 e. The molecule has 0 aliphatic heterocycles. The minimum absolute atomic E-state index is 0.396. The van der Waals surface area contributed by atoms with Crippen molar-refractivity contribution in [2.75, 3.05) is 26.0 Å². The average Bonchev–Trinajstić information content (AvgIpc) is 2.52. The third-order valence-corrected chi connectivity index (χ3v) is 7.02. The third kappa shape index (κ3) is 14.5. The zero-order valence-electron chi connectivity index (χ0n) is 17.5. The first kappa shape index (κ1) is 25.3. The van der Waals surface area contributed by atoms with Crippen LogP contribution in [-0.4, -0.2) is 42.1 Å². The van der Waals surface area contributed by atoms with E-state index in [0.717, 1.165) is 0 Å². The molecule has 0 N–H and O–H groups in total. The predicted octanol–water partition coefficient (Wildman–Crippen LogP) is 5.71. The Morgan fingerprint density at radius 1 is 0.769 bits per heavy atom. The molecule has 146 valence electrons. The first-order valence-electron chi connectivity index (χ1n) is 9.07. The van der Waals surface area contributed by atoms with Crippen molar-refractivity contribution in [3.8, 4) is 22.9 Å². The van der Waals surface area contributed by atoms with Crippen molar-refractivity contribution >= 4 is 24.1 Å². The fourth-order valence-electron chi connectivity index (χ4n) is 1.72. The fourth-order valence-corrected chi connectivity index (χ4v) is 5.06. The van der Waals surface area contributed by atoms with Gasteiger partial charge in [-0.25, -0.2) is 0 Å². The second kappa shape index (κ2) is 12.7. The van der Waals surface area contributed by atoms with E-state index < -0.39 is 24.1 Å². The van der Waals surface area contributed by atoms with Gasteiger partial charge in [0.15, 0.2) is 6.16 Å². The molecule has 0 radical (unpaired) electrons. The number of hydrogen-bond acceptors (Lipinski definition) is 3. The van der Waals surface area contributed by atoms with Gasteiger partial charge in [-0.1, -0.05) is 51.4 Å². The first-order valence-corrected chi connectivity index (χ1v) is 17.8. The Morgan fingerprint density at radius 2 is 1.23 bits per heavy atom. The molecule has 0 bridgehead atoms. The van der Waals surface area contributed by atoms with Gasteiger partial charge in [-0.05, 0) is 0 Å². The monoisotopic (exact) mass is 411 g/mol. The van der Waals surface area contributed by atoms with Crippen LogP contribution in [0.5, 0.6) is 0 Å². The Kier molecular flexibility index (Phi) is 12.4. The summed E-state index contributed by atoms with van der Waals surface area (Å²) in [7, 11) is -5.20. The zero-order chi connectivity index (χ0) is 20.1. The summed E-state index contributed by atoms with van der Waals surface area (Å²) in [6.45, 7) is 22.2. The van der Waals surface area contributed by atoms with Gasteiger partial charge in [-0.2, -0.15) is 13.6 Å². The van der Waals surface area contributed by atoms with E-state index in [1.165, 1.54) is 0 Å². The molecule has 0 heterocycles. The summed E-state index contributed by atoms with van der Waals surface area (Å²) in [5, 5.41) is 0. The SMILES string of the molecule is C=CCO[P+](CCC#C[Si](C)(C)C)(OCC=C)OCCC#C[Si](C)(C)C. The number of hydrogen-bond donors (Lipinski definition) is 0. The van der Waals surface area contributed by atoms with E-state index in [9.17, 15) is 0 Å². The summed E-state index contributed by atoms with van der Waals surface area (Å²) in [5.41, 5.74) is 6.73. The van der Waals surface area contributed by atoms with Crippen molar-refractivity contribution < 1.29 is 13.6 Å². The molecule has 0 aromatic carbocycles. The van der Waals surface area contributed by atoms with Crippen molar-refractivity contribution in [3.63, 3.8) is 0 Å². The molecule has 0 atom stereocenters. The summed E-state index contributed by atoms with van der Waals surface area (Å²) in [4.78, 5) is 0. The van der Waals surface area contributed by atoms with Crippen LogP contribution in [0.25, 0.3) is 0 Å². The highest BCUT2D eigenvalue weighted by Gasteiger charge is 2.44. The van der Waals surface area contributed by atoms with Gasteiger partial charge < -0.3 is 0 Å². The quantitative estimate of drug-likeness (QED) is 0.143. The van der Waals surface area contributed by atoms with Crippen LogP contribution in [0.4, 0.5) is 0 Å². The van der Waals surface area contributed by atoms with E-state index in [1.54, 1.807) is 12.2 Å². The van der Waals surface area contributed by atoms with Gasteiger partial charge in [-0.3, -0.25) is 0 Å². The highest BCUT2D eigenvalue weighted by Crippen LogP contribution is 2.62. The molecule has 0 aliphatic rings. The number of rotatable bonds is 11. The molecule has 3 nitrogen and oxygen atoms in total. The minimum atomic E-state index is -2.48. The molecule has 6 heteroatoms. The summed E-state index contributed by atoms with van der Waals surface area (Å²) < 4.78 is 18.0. The van der Waals surface area contributed by atoms with E-state index in [-0.39, 0.29) is 0 Å². The van der Waals surface area contributed by atoms with E-state index in [4.69, 9.17) is 13.6 Å². The molecule has 0 aromatic heterocycles. The molecule has 0 amide bonds. The summed E-state index contributed by atoms with van der Waals surface area (Å²) >= 11 is 0. The smallest absolute Gasteiger partial charge is 0.177 e.